The maximum Gasteiger partial charge on any atom is 0.267 e. The molecule has 6 rings (SSSR count). The minimum Gasteiger partial charge on any atom is -0.488 e. The molecule has 3 N–H and O–H groups in total. The van der Waals surface area contributed by atoms with Gasteiger partial charge in [-0.05, 0) is 55.0 Å². The van der Waals surface area contributed by atoms with Gasteiger partial charge in [-0.1, -0.05) is 37.6 Å². The molecule has 2 fully saturated rings. The summed E-state index contributed by atoms with van der Waals surface area (Å²) in [6.45, 7) is 10.5. The van der Waals surface area contributed by atoms with E-state index in [1.54, 1.807) is 6.26 Å². The zero-order valence-corrected chi connectivity index (χ0v) is 26.9. The van der Waals surface area contributed by atoms with E-state index in [9.17, 15) is 9.90 Å². The Kier molecular flexibility index (Phi) is 11.3. The number of benzene rings is 2. The Morgan fingerprint density at radius 1 is 1.07 bits per heavy atom. The SMILES string of the molecule is CC1CN(CCN2CCC(NC(=O)c3cc4c(OCc5coc6cccc(Cl)c56)cccc4[nH]3)CC2)CC(C)C1O.Cl.Cl. The summed E-state index contributed by atoms with van der Waals surface area (Å²) in [4.78, 5) is 21.4. The van der Waals surface area contributed by atoms with Gasteiger partial charge in [0.2, 0.25) is 0 Å². The van der Waals surface area contributed by atoms with Gasteiger partial charge in [0.1, 0.15) is 23.6 Å². The van der Waals surface area contributed by atoms with Crippen LogP contribution >= 0.6 is 36.4 Å². The fourth-order valence-electron chi connectivity index (χ4n) is 6.44. The van der Waals surface area contributed by atoms with Crippen LogP contribution in [0.3, 0.4) is 0 Å². The van der Waals surface area contributed by atoms with E-state index in [1.165, 1.54) is 0 Å². The molecule has 2 aliphatic rings. The number of carbonyl (C=O) groups is 1. The summed E-state index contributed by atoms with van der Waals surface area (Å²) in [5.41, 5.74) is 2.99. The van der Waals surface area contributed by atoms with E-state index in [-0.39, 0.29) is 42.9 Å². The highest BCUT2D eigenvalue weighted by molar-refractivity contribution is 6.35. The Morgan fingerprint density at radius 2 is 1.77 bits per heavy atom. The summed E-state index contributed by atoms with van der Waals surface area (Å²) in [6.07, 6.45) is 3.36. The number of carbonyl (C=O) groups excluding carboxylic acids is 1. The Morgan fingerprint density at radius 3 is 2.51 bits per heavy atom. The fraction of sp³-hybridized carbons (Fsp3) is 0.469. The number of rotatable bonds is 8. The minimum absolute atomic E-state index is 0. The van der Waals surface area contributed by atoms with Crippen molar-refractivity contribution in [2.45, 2.75) is 45.4 Å². The molecule has 0 radical (unpaired) electrons. The molecule has 8 nitrogen and oxygen atoms in total. The van der Waals surface area contributed by atoms with Crippen molar-refractivity contribution in [1.82, 2.24) is 20.1 Å². The lowest BCUT2D eigenvalue weighted by Crippen LogP contribution is -2.50. The van der Waals surface area contributed by atoms with Crippen molar-refractivity contribution in [3.05, 3.63) is 65.0 Å². The van der Waals surface area contributed by atoms with Crippen molar-refractivity contribution in [3.8, 4) is 5.75 Å². The van der Waals surface area contributed by atoms with E-state index in [0.29, 0.717) is 34.9 Å². The van der Waals surface area contributed by atoms with Crippen LogP contribution in [0.2, 0.25) is 5.02 Å². The highest BCUT2D eigenvalue weighted by atomic mass is 35.5. The van der Waals surface area contributed by atoms with Crippen molar-refractivity contribution in [2.75, 3.05) is 39.3 Å². The highest BCUT2D eigenvalue weighted by Gasteiger charge is 2.30. The van der Waals surface area contributed by atoms with Crippen LogP contribution < -0.4 is 10.1 Å². The Balaban J connectivity index is 0.00000212. The third-order valence-electron chi connectivity index (χ3n) is 8.79. The predicted molar refractivity (Wildman–Crippen MR) is 176 cm³/mol. The number of nitrogens with zero attached hydrogens (tertiary/aromatic N) is 2. The van der Waals surface area contributed by atoms with Crippen LogP contribution in [0.25, 0.3) is 21.9 Å². The Labute approximate surface area is 269 Å². The fourth-order valence-corrected chi connectivity index (χ4v) is 6.73. The van der Waals surface area contributed by atoms with Crippen LogP contribution in [0.5, 0.6) is 5.75 Å². The highest BCUT2D eigenvalue weighted by Crippen LogP contribution is 2.32. The lowest BCUT2D eigenvalue weighted by molar-refractivity contribution is -0.0109. The molecule has 2 unspecified atom stereocenters. The van der Waals surface area contributed by atoms with Gasteiger partial charge in [-0.25, -0.2) is 0 Å². The first-order chi connectivity index (χ1) is 19.9. The Bertz CT molecular complexity index is 1510. The topological polar surface area (TPSA) is 94.0 Å². The first-order valence-electron chi connectivity index (χ1n) is 14.7. The van der Waals surface area contributed by atoms with Gasteiger partial charge in [-0.2, -0.15) is 0 Å². The molecule has 1 amide bonds. The third kappa shape index (κ3) is 7.44. The number of hydrogen-bond donors (Lipinski definition) is 3. The molecular formula is C32H41Cl3N4O4. The second-order valence-electron chi connectivity index (χ2n) is 11.9. The summed E-state index contributed by atoms with van der Waals surface area (Å²) in [7, 11) is 0. The first-order valence-corrected chi connectivity index (χ1v) is 15.1. The normalized spacial score (nSPS) is 21.8. The van der Waals surface area contributed by atoms with E-state index >= 15 is 0 Å². The molecule has 2 atom stereocenters. The molecule has 234 valence electrons. The number of amides is 1. The van der Waals surface area contributed by atoms with Gasteiger partial charge in [-0.3, -0.25) is 4.79 Å². The maximum atomic E-state index is 13.2. The van der Waals surface area contributed by atoms with Crippen LogP contribution in [0, 0.1) is 11.8 Å². The van der Waals surface area contributed by atoms with Crippen LogP contribution in [-0.2, 0) is 6.61 Å². The number of halogens is 3. The zero-order chi connectivity index (χ0) is 28.5. The van der Waals surface area contributed by atoms with Crippen LogP contribution in [0.1, 0.15) is 42.7 Å². The summed E-state index contributed by atoms with van der Waals surface area (Å²) < 4.78 is 11.8. The lowest BCUT2D eigenvalue weighted by Gasteiger charge is -2.40. The monoisotopic (exact) mass is 650 g/mol. The van der Waals surface area contributed by atoms with Gasteiger partial charge in [-0.15, -0.1) is 24.8 Å². The number of aromatic nitrogens is 1. The average Bonchev–Trinajstić information content (AvgIpc) is 3.60. The molecule has 2 aromatic heterocycles. The number of hydrogen-bond acceptors (Lipinski definition) is 6. The summed E-state index contributed by atoms with van der Waals surface area (Å²) in [5.74, 6) is 1.25. The first kappa shape index (κ1) is 33.4. The largest absolute Gasteiger partial charge is 0.488 e. The van der Waals surface area contributed by atoms with Crippen molar-refractivity contribution < 1.29 is 19.1 Å². The molecule has 4 heterocycles. The van der Waals surface area contributed by atoms with E-state index in [0.717, 1.165) is 79.5 Å². The average molecular weight is 652 g/mol. The van der Waals surface area contributed by atoms with E-state index in [1.807, 2.05) is 42.5 Å². The van der Waals surface area contributed by atoms with E-state index in [2.05, 4.69) is 33.9 Å². The molecule has 0 spiro atoms. The van der Waals surface area contributed by atoms with Crippen LogP contribution in [0.4, 0.5) is 0 Å². The van der Waals surface area contributed by atoms with Gasteiger partial charge >= 0.3 is 0 Å². The number of aliphatic hydroxyl groups is 1. The number of H-pyrrole nitrogens is 1. The van der Waals surface area contributed by atoms with Crippen molar-refractivity contribution in [1.29, 1.82) is 0 Å². The van der Waals surface area contributed by atoms with Gasteiger partial charge in [0.25, 0.3) is 5.91 Å². The number of fused-ring (bicyclic) bond motifs is 2. The number of nitrogens with one attached hydrogen (secondary N) is 2. The van der Waals surface area contributed by atoms with Crippen molar-refractivity contribution in [3.63, 3.8) is 0 Å². The molecule has 4 aromatic rings. The van der Waals surface area contributed by atoms with E-state index in [4.69, 9.17) is 20.8 Å². The number of ether oxygens (including phenoxy) is 1. The molecule has 2 aromatic carbocycles. The third-order valence-corrected chi connectivity index (χ3v) is 9.11. The van der Waals surface area contributed by atoms with Crippen molar-refractivity contribution >= 4 is 64.2 Å². The lowest BCUT2D eigenvalue weighted by atomic mass is 9.88. The molecule has 0 aliphatic carbocycles. The van der Waals surface area contributed by atoms with Gasteiger partial charge in [0, 0.05) is 67.2 Å². The van der Waals surface area contributed by atoms with Crippen molar-refractivity contribution in [2.24, 2.45) is 11.8 Å². The molecule has 2 aliphatic heterocycles. The van der Waals surface area contributed by atoms with Gasteiger partial charge < -0.3 is 34.4 Å². The number of aromatic amines is 1. The second kappa shape index (κ2) is 14.5. The van der Waals surface area contributed by atoms with Crippen LogP contribution in [-0.4, -0.2) is 77.2 Å². The quantitative estimate of drug-likeness (QED) is 0.212. The maximum absolute atomic E-state index is 13.2. The standard InChI is InChI=1S/C32H39ClN4O4.2ClH/c1-20-16-37(17-21(2)31(20)38)14-13-36-11-9-23(10-12-36)34-32(39)27-15-24-26(35-27)6-4-7-28(24)40-18-22-19-41-29-8-3-5-25(33)30(22)29;;/h3-8,15,19-21,23,31,35,38H,9-14,16-18H2,1-2H3,(H,34,39);2*1H. The number of aliphatic hydroxyl groups excluding tert-OH is 1. The molecular weight excluding hydrogens is 611 g/mol. The number of likely N-dealkylation sites (tertiary alicyclic amines) is 2. The summed E-state index contributed by atoms with van der Waals surface area (Å²) in [5, 5.41) is 15.8. The second-order valence-corrected chi connectivity index (χ2v) is 12.3. The zero-order valence-electron chi connectivity index (χ0n) is 24.6. The smallest absolute Gasteiger partial charge is 0.267 e. The van der Waals surface area contributed by atoms with Crippen LogP contribution in [0.15, 0.2) is 53.1 Å². The molecule has 11 heteroatoms. The minimum atomic E-state index is -0.190. The predicted octanol–water partition coefficient (Wildman–Crippen LogP) is 6.13. The Hall–Kier alpha value is -2.46. The number of piperidine rings is 2. The van der Waals surface area contributed by atoms with Gasteiger partial charge in [0.05, 0.1) is 17.4 Å². The van der Waals surface area contributed by atoms with E-state index < -0.39 is 0 Å². The summed E-state index contributed by atoms with van der Waals surface area (Å²) in [6, 6.07) is 13.4. The molecule has 0 bridgehead atoms. The van der Waals surface area contributed by atoms with Gasteiger partial charge in [0.15, 0.2) is 0 Å². The molecule has 2 saturated heterocycles. The molecule has 43 heavy (non-hydrogen) atoms. The number of furan rings is 1. The molecule has 0 saturated carbocycles. The summed E-state index contributed by atoms with van der Waals surface area (Å²) >= 11 is 6.39.